The number of amides is 3. The number of nitrogens with zero attached hydrogens (tertiary/aromatic N) is 3. The number of hydrogen-bond acceptors (Lipinski definition) is 8. The molecule has 2 atom stereocenters. The van der Waals surface area contributed by atoms with Crippen molar-refractivity contribution in [2.75, 3.05) is 39.3 Å². The van der Waals surface area contributed by atoms with Gasteiger partial charge < -0.3 is 40.9 Å². The van der Waals surface area contributed by atoms with E-state index in [4.69, 9.17) is 15.3 Å². The fourth-order valence-corrected chi connectivity index (χ4v) is 3.66. The maximum atomic E-state index is 13.2. The molecule has 14 heteroatoms. The van der Waals surface area contributed by atoms with Crippen LogP contribution >= 0.6 is 12.4 Å². The number of hydrazone groups is 1. The van der Waals surface area contributed by atoms with Crippen LogP contribution in [-0.4, -0.2) is 96.6 Å². The summed E-state index contributed by atoms with van der Waals surface area (Å²) >= 11 is 0. The van der Waals surface area contributed by atoms with E-state index in [0.717, 1.165) is 16.9 Å². The van der Waals surface area contributed by atoms with Crippen LogP contribution < -0.4 is 16.5 Å². The number of carbonyl (C=O) groups excluding carboxylic acids is 3. The van der Waals surface area contributed by atoms with E-state index < -0.39 is 42.9 Å². The molecule has 0 aromatic heterocycles. The number of benzene rings is 1. The first-order valence-electron chi connectivity index (χ1n) is 12.2. The fraction of sp³-hybridized carbons (Fsp3) is 0.542. The Bertz CT molecular complexity index is 921. The van der Waals surface area contributed by atoms with Crippen molar-refractivity contribution < 1.29 is 33.8 Å². The van der Waals surface area contributed by atoms with Crippen LogP contribution in [0.5, 0.6) is 0 Å². The number of carboxylic acid groups (broad SMARTS) is 1. The van der Waals surface area contributed by atoms with Gasteiger partial charge in [-0.05, 0) is 12.0 Å². The number of morpholine rings is 1. The molecule has 0 spiro atoms. The highest BCUT2D eigenvalue weighted by molar-refractivity contribution is 5.92. The van der Waals surface area contributed by atoms with E-state index in [0.29, 0.717) is 26.1 Å². The first-order valence-corrected chi connectivity index (χ1v) is 12.2. The van der Waals surface area contributed by atoms with Crippen LogP contribution in [0.1, 0.15) is 31.7 Å². The summed E-state index contributed by atoms with van der Waals surface area (Å²) in [7, 11) is 0. The maximum Gasteiger partial charge on any atom is 0.408 e. The van der Waals surface area contributed by atoms with Crippen molar-refractivity contribution >= 4 is 42.6 Å². The van der Waals surface area contributed by atoms with Gasteiger partial charge in [0.1, 0.15) is 25.5 Å². The molecule has 1 aromatic rings. The Morgan fingerprint density at radius 2 is 2.05 bits per heavy atom. The Hall–Kier alpha value is -3.58. The van der Waals surface area contributed by atoms with Gasteiger partial charge in [0.25, 0.3) is 0 Å². The van der Waals surface area contributed by atoms with Gasteiger partial charge in [0.05, 0.1) is 19.1 Å². The third-order valence-electron chi connectivity index (χ3n) is 5.54. The van der Waals surface area contributed by atoms with Crippen molar-refractivity contribution in [1.29, 1.82) is 0 Å². The molecule has 1 fully saturated rings. The topological polar surface area (TPSA) is 176 Å². The van der Waals surface area contributed by atoms with E-state index in [9.17, 15) is 24.3 Å². The number of rotatable bonds is 14. The van der Waals surface area contributed by atoms with Crippen molar-refractivity contribution in [1.82, 2.24) is 20.4 Å². The molecule has 212 valence electrons. The average molecular weight is 557 g/mol. The van der Waals surface area contributed by atoms with Crippen LogP contribution in [0, 0.1) is 0 Å². The van der Waals surface area contributed by atoms with Crippen molar-refractivity contribution in [3.63, 3.8) is 0 Å². The molecule has 38 heavy (non-hydrogen) atoms. The number of ether oxygens (including phenoxy) is 2. The molecule has 3 amide bonds. The summed E-state index contributed by atoms with van der Waals surface area (Å²) in [4.78, 5) is 52.7. The molecule has 1 saturated heterocycles. The smallest absolute Gasteiger partial charge is 0.408 e. The minimum atomic E-state index is -1.31. The van der Waals surface area contributed by atoms with Gasteiger partial charge in [-0.2, -0.15) is 5.10 Å². The Morgan fingerprint density at radius 1 is 1.32 bits per heavy atom. The predicted octanol–water partition coefficient (Wildman–Crippen LogP) is 0.526. The first kappa shape index (κ1) is 32.4. The van der Waals surface area contributed by atoms with Crippen LogP contribution in [0.3, 0.4) is 0 Å². The Labute approximate surface area is 228 Å². The predicted molar refractivity (Wildman–Crippen MR) is 142 cm³/mol. The van der Waals surface area contributed by atoms with Crippen LogP contribution in [0.15, 0.2) is 35.4 Å². The zero-order valence-electron chi connectivity index (χ0n) is 21.4. The molecule has 1 heterocycles. The molecule has 0 radical (unpaired) electrons. The van der Waals surface area contributed by atoms with E-state index in [2.05, 4.69) is 15.7 Å². The summed E-state index contributed by atoms with van der Waals surface area (Å²) in [5.74, 6) is 2.80. The number of alkyl carbamates (subject to hydrolysis) is 1. The largest absolute Gasteiger partial charge is 0.480 e. The van der Waals surface area contributed by atoms with Gasteiger partial charge in [-0.1, -0.05) is 43.7 Å². The molecule has 0 saturated carbocycles. The van der Waals surface area contributed by atoms with Gasteiger partial charge >= 0.3 is 12.1 Å². The summed E-state index contributed by atoms with van der Waals surface area (Å²) in [6.45, 7) is 3.19. The first-order chi connectivity index (χ1) is 17.8. The third-order valence-corrected chi connectivity index (χ3v) is 5.54. The lowest BCUT2D eigenvalue weighted by Gasteiger charge is -2.31. The molecule has 1 unspecified atom stereocenters. The fourth-order valence-electron chi connectivity index (χ4n) is 3.66. The summed E-state index contributed by atoms with van der Waals surface area (Å²) in [6.07, 6.45) is 1.17. The highest BCUT2D eigenvalue weighted by Gasteiger charge is 2.30. The van der Waals surface area contributed by atoms with Crippen LogP contribution in [0.4, 0.5) is 4.79 Å². The summed E-state index contributed by atoms with van der Waals surface area (Å²) in [5, 5.41) is 17.9. The maximum absolute atomic E-state index is 13.2. The molecule has 0 aliphatic carbocycles. The quantitative estimate of drug-likeness (QED) is 0.110. The van der Waals surface area contributed by atoms with E-state index in [1.54, 1.807) is 24.3 Å². The lowest BCUT2D eigenvalue weighted by atomic mass is 10.1. The number of carboxylic acids is 1. The SMILES string of the molecule is CCCCN(CC(=O)O)C(=O)C(CC(=O)NC[C@H]1CN(C=NN)CCO1)NC(=O)OCc1ccccc1.Cl. The number of unbranched alkanes of at least 4 members (excludes halogenated alkanes) is 1. The van der Waals surface area contributed by atoms with Crippen molar-refractivity contribution in [2.24, 2.45) is 10.9 Å². The van der Waals surface area contributed by atoms with Gasteiger partial charge in [-0.3, -0.25) is 14.4 Å². The zero-order chi connectivity index (χ0) is 27.0. The Balaban J connectivity index is 0.00000722. The number of aliphatic carboxylic acids is 1. The molecule has 0 bridgehead atoms. The minimum absolute atomic E-state index is 0. The molecule has 2 rings (SSSR count). The molecule has 1 aromatic carbocycles. The van der Waals surface area contributed by atoms with Crippen LogP contribution in [-0.2, 0) is 30.5 Å². The van der Waals surface area contributed by atoms with Gasteiger partial charge in [-0.15, -0.1) is 12.4 Å². The highest BCUT2D eigenvalue weighted by atomic mass is 35.5. The lowest BCUT2D eigenvalue weighted by molar-refractivity contribution is -0.145. The van der Waals surface area contributed by atoms with Crippen molar-refractivity contribution in [2.45, 2.75) is 44.9 Å². The monoisotopic (exact) mass is 556 g/mol. The molecular formula is C24H37ClN6O7. The standard InChI is InChI=1S/C24H36N6O7.ClH/c1-2-3-9-30(15-22(32)33)23(34)20(28-24(35)37-16-18-7-5-4-6-8-18)12-21(31)26-13-19-14-29(17-27-25)10-11-36-19;/h4-8,17,19-20H,2-3,9-16,25H2,1H3,(H,26,31)(H,28,35)(H,32,33);1H/t19-,20?;/m0./s1. The van der Waals surface area contributed by atoms with Crippen LogP contribution in [0.25, 0.3) is 0 Å². The van der Waals surface area contributed by atoms with Crippen molar-refractivity contribution in [3.8, 4) is 0 Å². The molecule has 1 aliphatic heterocycles. The van der Waals surface area contributed by atoms with Gasteiger partial charge in [0.2, 0.25) is 11.8 Å². The second-order valence-corrected chi connectivity index (χ2v) is 8.53. The third kappa shape index (κ3) is 12.1. The Kier molecular flexibility index (Phi) is 15.2. The molecule has 13 nitrogen and oxygen atoms in total. The lowest BCUT2D eigenvalue weighted by Crippen LogP contribution is -2.52. The van der Waals surface area contributed by atoms with E-state index >= 15 is 0 Å². The normalized spacial score (nSPS) is 15.7. The van der Waals surface area contributed by atoms with Gasteiger partial charge in [0, 0.05) is 26.2 Å². The number of halogens is 1. The average Bonchev–Trinajstić information content (AvgIpc) is 2.88. The van der Waals surface area contributed by atoms with Gasteiger partial charge in [0.15, 0.2) is 0 Å². The second kappa shape index (κ2) is 17.8. The molecule has 5 N–H and O–H groups in total. The van der Waals surface area contributed by atoms with E-state index in [1.807, 2.05) is 17.9 Å². The number of carbonyl (C=O) groups is 4. The zero-order valence-corrected chi connectivity index (χ0v) is 22.2. The number of nitrogens with two attached hydrogens (primary N) is 1. The molecular weight excluding hydrogens is 520 g/mol. The highest BCUT2D eigenvalue weighted by Crippen LogP contribution is 2.07. The second-order valence-electron chi connectivity index (χ2n) is 8.53. The number of nitrogens with one attached hydrogen (secondary N) is 2. The van der Waals surface area contributed by atoms with Gasteiger partial charge in [-0.25, -0.2) is 4.79 Å². The summed E-state index contributed by atoms with van der Waals surface area (Å²) < 4.78 is 10.8. The summed E-state index contributed by atoms with van der Waals surface area (Å²) in [5.41, 5.74) is 0.745. The van der Waals surface area contributed by atoms with Crippen molar-refractivity contribution in [3.05, 3.63) is 35.9 Å². The Morgan fingerprint density at radius 3 is 2.71 bits per heavy atom. The number of hydrogen-bond donors (Lipinski definition) is 4. The van der Waals surface area contributed by atoms with E-state index in [1.165, 1.54) is 6.34 Å². The minimum Gasteiger partial charge on any atom is -0.480 e. The summed E-state index contributed by atoms with van der Waals surface area (Å²) in [6, 6.07) is 7.65. The molecule has 1 aliphatic rings. The van der Waals surface area contributed by atoms with Crippen LogP contribution in [0.2, 0.25) is 0 Å². The van der Waals surface area contributed by atoms with E-state index in [-0.39, 0.29) is 38.2 Å².